The van der Waals surface area contributed by atoms with E-state index in [2.05, 4.69) is 134 Å². The number of halogens is 6. The van der Waals surface area contributed by atoms with Gasteiger partial charge in [-0.05, 0) is 135 Å². The number of carbonyl (C=O) groups excluding carboxylic acids is 2. The molecule has 9 N–H and O–H groups in total. The minimum atomic E-state index is -5.42. The summed E-state index contributed by atoms with van der Waals surface area (Å²) < 4.78 is 93.6. The van der Waals surface area contributed by atoms with Gasteiger partial charge in [0.2, 0.25) is 5.76 Å². The van der Waals surface area contributed by atoms with Crippen molar-refractivity contribution < 1.29 is 211 Å². The maximum absolute atomic E-state index is 11.4. The van der Waals surface area contributed by atoms with E-state index in [1.165, 1.54) is 43.0 Å². The number of ketones is 2. The number of aliphatic hydroxyl groups excluding tert-OH is 8. The van der Waals surface area contributed by atoms with Crippen molar-refractivity contribution in [2.24, 2.45) is 0 Å². The summed E-state index contributed by atoms with van der Waals surface area (Å²) in [6.45, 7) is 2.40. The zero-order valence-corrected chi connectivity index (χ0v) is 90.9. The number of hydrogen-bond acceptors (Lipinski definition) is 27. The Hall–Kier alpha value is -10.3. The summed E-state index contributed by atoms with van der Waals surface area (Å²) in [6.07, 6.45) is 1.35. The van der Waals surface area contributed by atoms with Crippen molar-refractivity contribution in [3.8, 4) is 96.3 Å². The molecule has 0 spiro atoms. The van der Waals surface area contributed by atoms with E-state index in [9.17, 15) is 66.3 Å². The molecule has 0 amide bonds. The molecule has 0 bridgehead atoms. The van der Waals surface area contributed by atoms with Crippen LogP contribution in [0.25, 0.3) is 78.3 Å². The number of aromatic nitrogens is 7. The summed E-state index contributed by atoms with van der Waals surface area (Å²) in [6, 6.07) is 78.2. The van der Waals surface area contributed by atoms with E-state index in [1.807, 2.05) is 97.2 Å². The number of thiol groups is 4. The van der Waals surface area contributed by atoms with E-state index in [-0.39, 0.29) is 157 Å². The predicted molar refractivity (Wildman–Crippen MR) is 514 cm³/mol. The van der Waals surface area contributed by atoms with Gasteiger partial charge in [0.1, 0.15) is 5.69 Å². The fourth-order valence-corrected chi connectivity index (χ4v) is 12.3. The topological polar surface area (TPSA) is 370 Å². The molecule has 7 aromatic carbocycles. The minimum Gasteiger partial charge on any atom is -0.540 e. The van der Waals surface area contributed by atoms with Gasteiger partial charge in [0.05, 0.1) is 47.9 Å². The number of allylic oxidation sites excluding steroid dienone is 4. The Kier molecular flexibility index (Phi) is 62.0. The number of nitrogens with zero attached hydrogens (tertiary/aromatic N) is 7. The Balaban J connectivity index is 0.000000793. The number of aliphatic hydroxyl groups is 8. The molecule has 0 unspecified atom stereocenters. The molecule has 753 valence electrons. The van der Waals surface area contributed by atoms with Crippen molar-refractivity contribution in [2.45, 2.75) is 88.9 Å². The smallest absolute Gasteiger partial charge is 0.454 e. The van der Waals surface area contributed by atoms with Crippen LogP contribution < -0.4 is 23.7 Å². The molecule has 14 aromatic rings. The summed E-state index contributed by atoms with van der Waals surface area (Å²) in [4.78, 5) is 59.5. The van der Waals surface area contributed by atoms with Gasteiger partial charge in [0, 0.05) is 241 Å². The number of rotatable bonds is 24. The van der Waals surface area contributed by atoms with Gasteiger partial charge in [0.25, 0.3) is 5.78 Å². The molecule has 0 saturated heterocycles. The number of benzene rings is 7. The van der Waals surface area contributed by atoms with Crippen molar-refractivity contribution in [1.82, 2.24) is 34.9 Å². The number of carboxylic acids is 1. The Morgan fingerprint density at radius 1 is 0.357 bits per heavy atom. The molecule has 0 atom stereocenters. The van der Waals surface area contributed by atoms with E-state index in [4.69, 9.17) is 44.1 Å². The van der Waals surface area contributed by atoms with Crippen molar-refractivity contribution >= 4 is 78.8 Å². The van der Waals surface area contributed by atoms with Crippen LogP contribution in [0.2, 0.25) is 0 Å². The Labute approximate surface area is 896 Å². The van der Waals surface area contributed by atoms with E-state index in [0.29, 0.717) is 68.6 Å². The minimum absolute atomic E-state index is 0. The van der Waals surface area contributed by atoms with Crippen LogP contribution in [0.15, 0.2) is 261 Å². The third-order valence-electron chi connectivity index (χ3n) is 18.1. The first kappa shape index (κ1) is 128. The second-order valence-corrected chi connectivity index (χ2v) is 28.8. The van der Waals surface area contributed by atoms with Crippen molar-refractivity contribution in [3.63, 3.8) is 0 Å². The summed E-state index contributed by atoms with van der Waals surface area (Å²) in [7, 11) is 7.91. The quantitative estimate of drug-likeness (QED) is 0.00878. The van der Waals surface area contributed by atoms with Gasteiger partial charge in [0.15, 0.2) is 5.78 Å². The van der Waals surface area contributed by atoms with Crippen LogP contribution in [0.3, 0.4) is 0 Å². The number of alkyl halides is 6. The van der Waals surface area contributed by atoms with Crippen molar-refractivity contribution in [2.75, 3.05) is 35.5 Å². The maximum Gasteiger partial charge on any atom is 0.454 e. The molecular formula is C101H95F6Ir5N7O17S4-6. The average molecular weight is 2880 g/mol. The number of fused-ring (bicyclic) bond motifs is 1. The molecule has 24 nitrogen and oxygen atoms in total. The van der Waals surface area contributed by atoms with Crippen LogP contribution in [0.4, 0.5) is 26.3 Å². The monoisotopic (exact) mass is 2880 g/mol. The Bertz CT molecular complexity index is 5620. The number of hydrogen-bond donors (Lipinski definition) is 13. The summed E-state index contributed by atoms with van der Waals surface area (Å²) in [5, 5.41) is 83.1. The number of carboxylic acid groups (broad SMARTS) is 1. The van der Waals surface area contributed by atoms with Gasteiger partial charge in [-0.3, -0.25) is 9.59 Å². The Morgan fingerprint density at radius 2 is 0.671 bits per heavy atom. The molecule has 0 aliphatic heterocycles. The molecule has 140 heavy (non-hydrogen) atoms. The van der Waals surface area contributed by atoms with Gasteiger partial charge < -0.3 is 99.5 Å². The first-order chi connectivity index (χ1) is 64.8. The fraction of sp³-hybridized carbons (Fsp3) is 0.188. The largest absolute Gasteiger partial charge is 0.540 e. The van der Waals surface area contributed by atoms with Crippen molar-refractivity contribution in [3.05, 3.63) is 359 Å². The molecule has 0 aliphatic rings. The van der Waals surface area contributed by atoms with Crippen molar-refractivity contribution in [1.29, 1.82) is 0 Å². The first-order valence-corrected chi connectivity index (χ1v) is 42.6. The summed E-state index contributed by atoms with van der Waals surface area (Å²) >= 11 is 17.0. The second kappa shape index (κ2) is 68.0. The second-order valence-electron chi connectivity index (χ2n) is 27.5. The standard InChI is InChI=1S/C15H10N.C14H14NO3.4C14H14NO2S.C6H5NO2.C5H2F6O2.C5H8O2.5Ir/c1-2-7-13(8-3-1)15-14-9-5-4-6-12(14)10-11-16-15;1-18-12-2-3-13(11(7-12)9-17)14-6-10(8-16)4-5-15-14;4*1-17-12-2-3-13(11(7-12)8-16)14-6-10(9-18)4-5-15-14;8-6(9)5-3-1-2-4-7-5;6-4(7,8)2(12)1-3(13)5(9,10)11;1-4(6)3-5(2)7;;;;;/h1-7,9-11H;2,4-7,16-17H,8-9H2,1H3;4*2,4-7,16,18H,8-9H2,1H3;1-4H,(H,8,9);1,12H;3,6H,1-2H3;;;;;/q6*-1;;;;;;;;. The van der Waals surface area contributed by atoms with Gasteiger partial charge in [-0.1, -0.05) is 119 Å². The molecule has 7 heterocycles. The number of carbonyl (C=O) groups is 3. The average Bonchev–Trinajstić information content (AvgIpc) is 0.776. The van der Waals surface area contributed by atoms with Gasteiger partial charge in [-0.15, -0.1) is 124 Å². The van der Waals surface area contributed by atoms with E-state index < -0.39 is 35.9 Å². The number of methoxy groups -OCH3 is 5. The molecular weight excluding hydrogens is 2790 g/mol. The molecule has 5 radical (unpaired) electrons. The predicted octanol–water partition coefficient (Wildman–Crippen LogP) is 19.1. The molecule has 14 rings (SSSR count). The number of aromatic carboxylic acids is 1. The molecule has 0 fully saturated rings. The van der Waals surface area contributed by atoms with Gasteiger partial charge >= 0.3 is 18.3 Å². The third kappa shape index (κ3) is 42.5. The number of pyridine rings is 7. The first-order valence-electron chi connectivity index (χ1n) is 40.0. The van der Waals surface area contributed by atoms with Crippen LogP contribution in [0, 0.1) is 36.4 Å². The molecule has 0 aliphatic carbocycles. The van der Waals surface area contributed by atoms with E-state index >= 15 is 0 Å². The Morgan fingerprint density at radius 3 is 0.921 bits per heavy atom. The molecule has 7 aromatic heterocycles. The number of ether oxygens (including phenoxy) is 5. The maximum atomic E-state index is 11.4. The van der Waals surface area contributed by atoms with Gasteiger partial charge in [-0.2, -0.15) is 76.9 Å². The SMILES string of the molecule is CC(=O)C=C(C)O.COc1c[c-]c(-c2cc(CO)ccn2)c(CO)c1.COc1c[c-]c(-c2cc(CS)ccn2)c(CO)c1.COc1c[c-]c(-c2cc(CS)ccn2)c(CO)c1.COc1c[c-]c(-c2cc(CS)ccn2)c(CO)c1.COc1c[c-]c(-c2cc(CS)ccn2)c(CO)c1.O=C(C=C(O)C(F)(F)F)C(F)(F)F.O=C(O)c1ccccn1.[Ir].[Ir].[Ir].[Ir].[Ir].[c-]1ccccc1-c1nccc2ccccc12. The normalized spacial score (nSPS) is 10.4. The zero-order valence-electron chi connectivity index (χ0n) is 75.4. The summed E-state index contributed by atoms with van der Waals surface area (Å²) in [5.41, 5.74) is 18.6. The third-order valence-corrected chi connectivity index (χ3v) is 19.6. The van der Waals surface area contributed by atoms with Crippen LogP contribution in [0.1, 0.15) is 80.0 Å². The molecule has 39 heteroatoms. The van der Waals surface area contributed by atoms with E-state index in [1.54, 1.807) is 151 Å². The fourth-order valence-electron chi connectivity index (χ4n) is 11.5. The van der Waals surface area contributed by atoms with Crippen LogP contribution >= 0.6 is 50.5 Å². The van der Waals surface area contributed by atoms with Crippen LogP contribution in [-0.4, -0.2) is 146 Å². The van der Waals surface area contributed by atoms with Crippen LogP contribution in [-0.2, 0) is 173 Å². The van der Waals surface area contributed by atoms with E-state index in [0.717, 1.165) is 106 Å². The van der Waals surface area contributed by atoms with Crippen LogP contribution in [0.5, 0.6) is 28.7 Å². The van der Waals surface area contributed by atoms with Gasteiger partial charge in [-0.25, -0.2) is 9.78 Å². The zero-order chi connectivity index (χ0) is 99.0. The molecule has 0 saturated carbocycles. The summed E-state index contributed by atoms with van der Waals surface area (Å²) in [5.74, 6) is -0.440.